The lowest BCUT2D eigenvalue weighted by Gasteiger charge is -2.50. The molecule has 17 heteroatoms. The fourth-order valence-electron chi connectivity index (χ4n) is 10.3. The third kappa shape index (κ3) is 18.1. The molecule has 2 saturated heterocycles. The summed E-state index contributed by atoms with van der Waals surface area (Å²) in [5.74, 6) is -3.24. The fraction of sp³-hybridized carbons (Fsp3) is 0.786. The molecule has 0 aromatic heterocycles. The summed E-state index contributed by atoms with van der Waals surface area (Å²) in [5.41, 5.74) is 0.284. The van der Waals surface area contributed by atoms with E-state index in [1.807, 2.05) is 13.8 Å². The molecule has 2 saturated carbocycles. The highest BCUT2D eigenvalue weighted by atomic mass is 16.7. The maximum atomic E-state index is 14.0. The predicted molar refractivity (Wildman–Crippen MR) is 271 cm³/mol. The molecule has 2 heterocycles. The van der Waals surface area contributed by atoms with Crippen molar-refractivity contribution in [2.75, 3.05) is 40.1 Å². The van der Waals surface area contributed by atoms with Crippen LogP contribution >= 0.6 is 0 Å². The lowest BCUT2D eigenvalue weighted by Crippen LogP contribution is -2.67. The monoisotopic (exact) mass is 1030 g/mol. The van der Waals surface area contributed by atoms with Gasteiger partial charge in [0.05, 0.1) is 43.5 Å². The average Bonchev–Trinajstić information content (AvgIpc) is 3.39. The fourth-order valence-corrected chi connectivity index (χ4v) is 10.3. The van der Waals surface area contributed by atoms with Crippen LogP contribution in [0.5, 0.6) is 0 Å². The normalized spacial score (nSPS) is 31.2. The quantitative estimate of drug-likeness (QED) is 0.0325. The molecule has 5 rings (SSSR count). The summed E-state index contributed by atoms with van der Waals surface area (Å²) < 4.78 is 71.0. The van der Waals surface area contributed by atoms with Gasteiger partial charge in [-0.05, 0) is 69.9 Å². The van der Waals surface area contributed by atoms with Crippen LogP contribution in [-0.4, -0.2) is 149 Å². The van der Waals surface area contributed by atoms with Gasteiger partial charge in [-0.25, -0.2) is 9.59 Å². The predicted octanol–water partition coefficient (Wildman–Crippen LogP) is 7.96. The van der Waals surface area contributed by atoms with Crippen molar-refractivity contribution in [3.05, 3.63) is 48.6 Å². The Morgan fingerprint density at radius 1 is 0.767 bits per heavy atom. The number of unbranched alkanes of at least 4 members (excludes halogenated alkanes) is 4. The summed E-state index contributed by atoms with van der Waals surface area (Å²) in [4.78, 5) is 54.3. The van der Waals surface area contributed by atoms with Gasteiger partial charge in [0.25, 0.3) is 0 Å². The van der Waals surface area contributed by atoms with E-state index < -0.39 is 122 Å². The first-order chi connectivity index (χ1) is 35.4. The molecule has 4 aliphatic rings. The van der Waals surface area contributed by atoms with E-state index >= 15 is 0 Å². The maximum absolute atomic E-state index is 14.0. The van der Waals surface area contributed by atoms with E-state index in [9.17, 15) is 24.3 Å². The third-order valence-corrected chi connectivity index (χ3v) is 14.5. The van der Waals surface area contributed by atoms with E-state index in [-0.39, 0.29) is 24.5 Å². The van der Waals surface area contributed by atoms with E-state index in [2.05, 4.69) is 32.7 Å². The summed E-state index contributed by atoms with van der Waals surface area (Å²) in [5, 5.41) is 15.3. The van der Waals surface area contributed by atoms with Gasteiger partial charge in [-0.3, -0.25) is 9.59 Å². The zero-order valence-corrected chi connectivity index (χ0v) is 44.8. The summed E-state index contributed by atoms with van der Waals surface area (Å²) in [6.07, 6.45) is 2.22. The van der Waals surface area contributed by atoms with Crippen LogP contribution in [-0.2, 0) is 66.5 Å². The molecule has 0 bridgehead atoms. The molecule has 4 fully saturated rings. The van der Waals surface area contributed by atoms with Gasteiger partial charge in [-0.1, -0.05) is 110 Å². The van der Waals surface area contributed by atoms with Gasteiger partial charge in [-0.2, -0.15) is 0 Å². The largest absolute Gasteiger partial charge is 0.469 e. The van der Waals surface area contributed by atoms with Crippen LogP contribution in [0, 0.1) is 17.8 Å². The number of aliphatic hydroxyl groups is 1. The van der Waals surface area contributed by atoms with Gasteiger partial charge in [0.2, 0.25) is 5.91 Å². The number of esters is 3. The molecule has 2 N–H and O–H groups in total. The number of hydrogen-bond donors (Lipinski definition) is 2. The molecule has 414 valence electrons. The number of carbonyl (C=O) groups excluding carboxylic acids is 4. The molecule has 0 radical (unpaired) electrons. The molecule has 1 aromatic carbocycles. The Labute approximate surface area is 434 Å². The topological polar surface area (TPSA) is 202 Å². The van der Waals surface area contributed by atoms with Gasteiger partial charge in [-0.15, -0.1) is 6.58 Å². The number of carbonyl (C=O) groups is 4. The summed E-state index contributed by atoms with van der Waals surface area (Å²) in [7, 11) is 1.33. The number of nitrogens with one attached hydrogen (secondary N) is 1. The zero-order valence-electron chi connectivity index (χ0n) is 44.8. The van der Waals surface area contributed by atoms with Crippen LogP contribution in [0.2, 0.25) is 0 Å². The number of ether oxygens (including phenoxy) is 11. The second-order valence-corrected chi connectivity index (χ2v) is 20.2. The molecule has 1 amide bonds. The average molecular weight is 1030 g/mol. The standard InChI is InChI=1S/C56H89NO16/c1-9-14-28-64-47-36(6)69-56(51(66-30-16-11-3)50(47)65-29-15-10-2)73-48-39(13-5)33-41(52(60)63-8)34-42(48)71-55-45(57-37(7)58)49(46(59)44(72-55)35-68-53(61)40-26-22-19-23-27-40)70-43(54(62)67-31-17-12-4)32-38-24-20-18-21-25-38/h13,19,22-23,26-27,36,38-39,41-51,55-56,59H,5,9-12,14-18,20-21,24-25,28-35H2,1-4,6-8H3,(H,57,58)/t36-,39?,41?,42+,43-,44-,45?,46-,47?,48+,49?,50-,51-,55+,56?/m0/s1. The summed E-state index contributed by atoms with van der Waals surface area (Å²) in [6.45, 7) is 16.9. The Bertz CT molecular complexity index is 1780. The molecule has 1 aromatic rings. The van der Waals surface area contributed by atoms with Crippen molar-refractivity contribution in [3.63, 3.8) is 0 Å². The molecule has 73 heavy (non-hydrogen) atoms. The van der Waals surface area contributed by atoms with Crippen molar-refractivity contribution in [1.82, 2.24) is 5.32 Å². The highest BCUT2D eigenvalue weighted by Gasteiger charge is 2.54. The van der Waals surface area contributed by atoms with Crippen LogP contribution in [0.4, 0.5) is 0 Å². The van der Waals surface area contributed by atoms with Gasteiger partial charge >= 0.3 is 17.9 Å². The molecular formula is C56H89NO16. The summed E-state index contributed by atoms with van der Waals surface area (Å²) in [6, 6.07) is 7.16. The van der Waals surface area contributed by atoms with E-state index in [1.165, 1.54) is 14.0 Å². The lowest BCUT2D eigenvalue weighted by molar-refractivity contribution is -0.347. The van der Waals surface area contributed by atoms with Crippen molar-refractivity contribution in [3.8, 4) is 0 Å². The third-order valence-electron chi connectivity index (χ3n) is 14.5. The first-order valence-electron chi connectivity index (χ1n) is 27.5. The van der Waals surface area contributed by atoms with Crippen LogP contribution in [0.15, 0.2) is 43.0 Å². The first kappa shape index (κ1) is 60.3. The lowest BCUT2D eigenvalue weighted by atomic mass is 9.77. The molecule has 2 aliphatic carbocycles. The smallest absolute Gasteiger partial charge is 0.338 e. The van der Waals surface area contributed by atoms with E-state index in [0.717, 1.165) is 77.0 Å². The second-order valence-electron chi connectivity index (χ2n) is 20.2. The minimum absolute atomic E-state index is 0.0763. The van der Waals surface area contributed by atoms with Gasteiger partial charge in [0, 0.05) is 32.7 Å². The zero-order chi connectivity index (χ0) is 52.7. The molecule has 17 nitrogen and oxygen atoms in total. The van der Waals surface area contributed by atoms with Gasteiger partial charge in [0.1, 0.15) is 49.3 Å². The highest BCUT2D eigenvalue weighted by Crippen LogP contribution is 2.41. The number of hydrogen-bond acceptors (Lipinski definition) is 16. The van der Waals surface area contributed by atoms with Crippen LogP contribution in [0.3, 0.4) is 0 Å². The van der Waals surface area contributed by atoms with Crippen molar-refractivity contribution in [2.24, 2.45) is 17.8 Å². The molecular weight excluding hydrogens is 943 g/mol. The highest BCUT2D eigenvalue weighted by molar-refractivity contribution is 5.89. The Morgan fingerprint density at radius 2 is 1.40 bits per heavy atom. The van der Waals surface area contributed by atoms with Crippen LogP contribution in [0.25, 0.3) is 0 Å². The summed E-state index contributed by atoms with van der Waals surface area (Å²) >= 11 is 0. The SMILES string of the molecule is C=CC1CC(C(=O)OC)C[C@@H](O[C@@H]2O[C@@H](COC(=O)c3ccccc3)[C@H](O)C(O[C@@H](CC3CCCCC3)C(=O)OCCCC)C2NC(C)=O)[C@@H]1OC1O[C@@H](C)C(OCCCC)[C@H](OCCCC)[C@@H]1OCCCC. The molecule has 15 atom stereocenters. The van der Waals surface area contributed by atoms with E-state index in [4.69, 9.17) is 52.1 Å². The molecule has 2 aliphatic heterocycles. The maximum Gasteiger partial charge on any atom is 0.338 e. The van der Waals surface area contributed by atoms with Gasteiger partial charge in [0.15, 0.2) is 18.7 Å². The number of aliphatic hydroxyl groups excluding tert-OH is 1. The Hall–Kier alpha value is -3.52. The van der Waals surface area contributed by atoms with Crippen molar-refractivity contribution in [1.29, 1.82) is 0 Å². The second kappa shape index (κ2) is 32.2. The minimum Gasteiger partial charge on any atom is -0.469 e. The van der Waals surface area contributed by atoms with Crippen molar-refractivity contribution >= 4 is 23.8 Å². The number of rotatable bonds is 30. The first-order valence-corrected chi connectivity index (χ1v) is 27.5. The Balaban J connectivity index is 1.56. The van der Waals surface area contributed by atoms with Crippen molar-refractivity contribution in [2.45, 2.75) is 224 Å². The Morgan fingerprint density at radius 3 is 2.01 bits per heavy atom. The number of benzene rings is 1. The van der Waals surface area contributed by atoms with Crippen LogP contribution in [0.1, 0.15) is 155 Å². The number of amides is 1. The number of methoxy groups -OCH3 is 1. The Kier molecular flexibility index (Phi) is 26.6. The van der Waals surface area contributed by atoms with Crippen LogP contribution < -0.4 is 5.32 Å². The minimum atomic E-state index is -1.56. The van der Waals surface area contributed by atoms with Gasteiger partial charge < -0.3 is 62.5 Å². The molecule has 0 spiro atoms. The van der Waals surface area contributed by atoms with E-state index in [0.29, 0.717) is 39.1 Å². The van der Waals surface area contributed by atoms with Crippen molar-refractivity contribution < 1.29 is 76.4 Å². The molecule has 6 unspecified atom stereocenters. The van der Waals surface area contributed by atoms with E-state index in [1.54, 1.807) is 36.4 Å².